The van der Waals surface area contributed by atoms with Crippen LogP contribution in [-0.2, 0) is 9.53 Å². The van der Waals surface area contributed by atoms with E-state index in [4.69, 9.17) is 16.3 Å². The van der Waals surface area contributed by atoms with Crippen molar-refractivity contribution in [3.8, 4) is 0 Å². The Labute approximate surface area is 137 Å². The van der Waals surface area contributed by atoms with E-state index >= 15 is 0 Å². The lowest BCUT2D eigenvalue weighted by Gasteiger charge is -2.42. The van der Waals surface area contributed by atoms with Gasteiger partial charge in [0.15, 0.2) is 0 Å². The molecule has 0 aliphatic carbocycles. The van der Waals surface area contributed by atoms with Gasteiger partial charge in [-0.15, -0.1) is 0 Å². The molecule has 1 heterocycles. The highest BCUT2D eigenvalue weighted by Crippen LogP contribution is 2.38. The summed E-state index contributed by atoms with van der Waals surface area (Å²) in [6.07, 6.45) is 2.70. The van der Waals surface area contributed by atoms with Crippen molar-refractivity contribution < 1.29 is 14.6 Å². The summed E-state index contributed by atoms with van der Waals surface area (Å²) in [4.78, 5) is 14.4. The zero-order chi connectivity index (χ0) is 16.2. The zero-order valence-corrected chi connectivity index (χ0v) is 14.0. The van der Waals surface area contributed by atoms with Crippen molar-refractivity contribution in [2.75, 3.05) is 26.8 Å². The largest absolute Gasteiger partial charge is 0.468 e. The summed E-state index contributed by atoms with van der Waals surface area (Å²) in [5.41, 5.74) is 0.765. The minimum atomic E-state index is -0.479. The Balaban J connectivity index is 2.22. The maximum Gasteiger partial charge on any atom is 0.327 e. The van der Waals surface area contributed by atoms with Crippen molar-refractivity contribution in [1.29, 1.82) is 0 Å². The molecule has 1 aliphatic heterocycles. The van der Waals surface area contributed by atoms with E-state index in [1.165, 1.54) is 7.11 Å². The standard InChI is InChI=1S/C17H24ClNO3/c1-3-17(12-20)8-10-19(11-9-17)15(16(21)22-2)13-6-4-5-7-14(13)18/h4-7,15,20H,3,8-12H2,1-2H3. The number of aliphatic hydroxyl groups excluding tert-OH is 1. The third kappa shape index (κ3) is 3.45. The van der Waals surface area contributed by atoms with Gasteiger partial charge >= 0.3 is 5.97 Å². The number of hydrogen-bond donors (Lipinski definition) is 1. The molecule has 1 saturated heterocycles. The molecule has 1 atom stereocenters. The highest BCUT2D eigenvalue weighted by Gasteiger charge is 2.38. The number of carbonyl (C=O) groups excluding carboxylic acids is 1. The Morgan fingerprint density at radius 3 is 2.55 bits per heavy atom. The molecule has 1 aromatic carbocycles. The molecule has 0 spiro atoms. The van der Waals surface area contributed by atoms with Gasteiger partial charge in [0, 0.05) is 11.6 Å². The van der Waals surface area contributed by atoms with Gasteiger partial charge in [-0.1, -0.05) is 36.7 Å². The average molecular weight is 326 g/mol. The van der Waals surface area contributed by atoms with Crippen LogP contribution in [0.1, 0.15) is 37.8 Å². The fourth-order valence-electron chi connectivity index (χ4n) is 3.16. The van der Waals surface area contributed by atoms with Gasteiger partial charge in [-0.05, 0) is 49.4 Å². The third-order valence-electron chi connectivity index (χ3n) is 4.93. The predicted molar refractivity (Wildman–Crippen MR) is 86.8 cm³/mol. The number of aliphatic hydroxyl groups is 1. The number of methoxy groups -OCH3 is 1. The molecule has 0 saturated carbocycles. The van der Waals surface area contributed by atoms with E-state index in [0.717, 1.165) is 37.9 Å². The van der Waals surface area contributed by atoms with E-state index in [1.54, 1.807) is 6.07 Å². The van der Waals surface area contributed by atoms with Crippen molar-refractivity contribution in [2.24, 2.45) is 5.41 Å². The van der Waals surface area contributed by atoms with E-state index in [9.17, 15) is 9.90 Å². The number of benzene rings is 1. The van der Waals surface area contributed by atoms with Crippen LogP contribution in [0.2, 0.25) is 5.02 Å². The lowest BCUT2D eigenvalue weighted by atomic mass is 9.76. The van der Waals surface area contributed by atoms with Crippen LogP contribution < -0.4 is 0 Å². The van der Waals surface area contributed by atoms with E-state index in [0.29, 0.717) is 5.02 Å². The van der Waals surface area contributed by atoms with Crippen LogP contribution in [0.15, 0.2) is 24.3 Å². The Morgan fingerprint density at radius 1 is 1.41 bits per heavy atom. The molecular weight excluding hydrogens is 302 g/mol. The maximum absolute atomic E-state index is 12.3. The highest BCUT2D eigenvalue weighted by molar-refractivity contribution is 6.31. The summed E-state index contributed by atoms with van der Waals surface area (Å²) in [6, 6.07) is 6.92. The monoisotopic (exact) mass is 325 g/mol. The van der Waals surface area contributed by atoms with E-state index in [1.807, 2.05) is 18.2 Å². The molecule has 5 heteroatoms. The second-order valence-electron chi connectivity index (χ2n) is 5.99. The van der Waals surface area contributed by atoms with Gasteiger partial charge in [-0.2, -0.15) is 0 Å². The van der Waals surface area contributed by atoms with E-state index < -0.39 is 6.04 Å². The van der Waals surface area contributed by atoms with Crippen molar-refractivity contribution in [3.63, 3.8) is 0 Å². The van der Waals surface area contributed by atoms with Gasteiger partial charge in [0.05, 0.1) is 7.11 Å². The van der Waals surface area contributed by atoms with Crippen molar-refractivity contribution in [3.05, 3.63) is 34.9 Å². The third-order valence-corrected chi connectivity index (χ3v) is 5.28. The summed E-state index contributed by atoms with van der Waals surface area (Å²) in [5.74, 6) is -0.291. The average Bonchev–Trinajstić information content (AvgIpc) is 2.57. The van der Waals surface area contributed by atoms with Crippen LogP contribution in [0.3, 0.4) is 0 Å². The predicted octanol–water partition coefficient (Wildman–Crippen LogP) is 3.04. The molecule has 0 amide bonds. The van der Waals surface area contributed by atoms with Gasteiger partial charge in [0.1, 0.15) is 6.04 Å². The molecule has 0 radical (unpaired) electrons. The molecule has 1 aromatic rings. The lowest BCUT2D eigenvalue weighted by Crippen LogP contribution is -2.45. The molecule has 1 unspecified atom stereocenters. The number of ether oxygens (including phenoxy) is 1. The van der Waals surface area contributed by atoms with Crippen LogP contribution in [-0.4, -0.2) is 42.8 Å². The highest BCUT2D eigenvalue weighted by atomic mass is 35.5. The normalized spacial score (nSPS) is 19.6. The number of rotatable bonds is 5. The number of carbonyl (C=O) groups is 1. The molecule has 1 aliphatic rings. The summed E-state index contributed by atoms with van der Waals surface area (Å²) in [5, 5.41) is 10.2. The van der Waals surface area contributed by atoms with Crippen molar-refractivity contribution >= 4 is 17.6 Å². The number of halogens is 1. The van der Waals surface area contributed by atoms with Gasteiger partial charge < -0.3 is 9.84 Å². The van der Waals surface area contributed by atoms with Crippen LogP contribution in [0.5, 0.6) is 0 Å². The van der Waals surface area contributed by atoms with Gasteiger partial charge in [-0.3, -0.25) is 4.90 Å². The number of hydrogen-bond acceptors (Lipinski definition) is 4. The first-order valence-electron chi connectivity index (χ1n) is 7.74. The molecule has 122 valence electrons. The molecular formula is C17H24ClNO3. The topological polar surface area (TPSA) is 49.8 Å². The summed E-state index contributed by atoms with van der Waals surface area (Å²) >= 11 is 6.28. The minimum Gasteiger partial charge on any atom is -0.468 e. The number of likely N-dealkylation sites (tertiary alicyclic amines) is 1. The Hall–Kier alpha value is -1.10. The Bertz CT molecular complexity index is 506. The van der Waals surface area contributed by atoms with Crippen LogP contribution in [0.4, 0.5) is 0 Å². The van der Waals surface area contributed by atoms with Crippen molar-refractivity contribution in [1.82, 2.24) is 4.90 Å². The smallest absolute Gasteiger partial charge is 0.327 e. The second kappa shape index (κ2) is 7.44. The molecule has 22 heavy (non-hydrogen) atoms. The maximum atomic E-state index is 12.3. The molecule has 0 bridgehead atoms. The van der Waals surface area contributed by atoms with Gasteiger partial charge in [0.25, 0.3) is 0 Å². The first-order valence-corrected chi connectivity index (χ1v) is 8.12. The molecule has 4 nitrogen and oxygen atoms in total. The second-order valence-corrected chi connectivity index (χ2v) is 6.40. The van der Waals surface area contributed by atoms with Gasteiger partial charge in [0.2, 0.25) is 0 Å². The zero-order valence-electron chi connectivity index (χ0n) is 13.2. The van der Waals surface area contributed by atoms with E-state index in [-0.39, 0.29) is 18.0 Å². The van der Waals surface area contributed by atoms with Crippen LogP contribution in [0, 0.1) is 5.41 Å². The minimum absolute atomic E-state index is 0.0162. The quantitative estimate of drug-likeness (QED) is 0.845. The molecule has 0 aromatic heterocycles. The van der Waals surface area contributed by atoms with Crippen LogP contribution >= 0.6 is 11.6 Å². The SMILES string of the molecule is CCC1(CO)CCN(C(C(=O)OC)c2ccccc2Cl)CC1. The van der Waals surface area contributed by atoms with E-state index in [2.05, 4.69) is 11.8 Å². The lowest BCUT2D eigenvalue weighted by molar-refractivity contribution is -0.148. The van der Waals surface area contributed by atoms with Crippen molar-refractivity contribution in [2.45, 2.75) is 32.2 Å². The summed E-state index contributed by atoms with van der Waals surface area (Å²) in [7, 11) is 1.40. The summed E-state index contributed by atoms with van der Waals surface area (Å²) < 4.78 is 4.99. The Morgan fingerprint density at radius 2 is 2.05 bits per heavy atom. The Kier molecular flexibility index (Phi) is 5.84. The summed E-state index contributed by atoms with van der Waals surface area (Å²) in [6.45, 7) is 3.81. The number of nitrogens with zero attached hydrogens (tertiary/aromatic N) is 1. The fraction of sp³-hybridized carbons (Fsp3) is 0.588. The number of esters is 1. The first kappa shape index (κ1) is 17.3. The molecule has 2 rings (SSSR count). The first-order chi connectivity index (χ1) is 10.6. The number of piperidine rings is 1. The van der Waals surface area contributed by atoms with Crippen LogP contribution in [0.25, 0.3) is 0 Å². The van der Waals surface area contributed by atoms with Gasteiger partial charge in [-0.25, -0.2) is 4.79 Å². The fourth-order valence-corrected chi connectivity index (χ4v) is 3.40. The molecule has 1 fully saturated rings. The molecule has 1 N–H and O–H groups in total.